The highest BCUT2D eigenvalue weighted by Crippen LogP contribution is 2.15. The molecule has 0 aromatic heterocycles. The molecule has 1 aromatic rings. The number of carbonyl (C=O) groups is 3. The third-order valence-corrected chi connectivity index (χ3v) is 5.12. The number of aldehydes is 1. The summed E-state index contributed by atoms with van der Waals surface area (Å²) in [6.45, 7) is 3.07. The van der Waals surface area contributed by atoms with Gasteiger partial charge in [0, 0.05) is 44.5 Å². The Morgan fingerprint density at radius 3 is 2.41 bits per heavy atom. The predicted molar refractivity (Wildman–Crippen MR) is 109 cm³/mol. The van der Waals surface area contributed by atoms with E-state index in [0.29, 0.717) is 44.8 Å². The van der Waals surface area contributed by atoms with Crippen molar-refractivity contribution in [2.75, 3.05) is 65.2 Å². The number of ether oxygens (including phenoxy) is 1. The molecule has 0 spiro atoms. The number of esters is 1. The van der Waals surface area contributed by atoms with Crippen molar-refractivity contribution >= 4 is 23.9 Å². The molecular weight excluding hydrogens is 376 g/mol. The van der Waals surface area contributed by atoms with Crippen LogP contribution in [0.1, 0.15) is 5.56 Å². The van der Waals surface area contributed by atoms with Crippen molar-refractivity contribution < 1.29 is 24.2 Å². The lowest BCUT2D eigenvalue weighted by molar-refractivity contribution is -0.143. The van der Waals surface area contributed by atoms with Gasteiger partial charge in [-0.05, 0) is 24.1 Å². The lowest BCUT2D eigenvalue weighted by atomic mass is 10.0. The number of carboxylic acids is 1. The standard InChI is InChI=1S/C20H30N4O5/c1-29-20(28)15-24-9-8-22(10-11-25)6-7-23(14-19(26)27)13-18(24)12-16-2-4-17(21)5-3-16/h2-5,11,18H,6-10,12-15,21H2,1H3,(H,26,27). The minimum Gasteiger partial charge on any atom is -0.480 e. The van der Waals surface area contributed by atoms with Gasteiger partial charge in [0.2, 0.25) is 0 Å². The van der Waals surface area contributed by atoms with Crippen LogP contribution in [0.25, 0.3) is 0 Å². The fraction of sp³-hybridized carbons (Fsp3) is 0.550. The molecule has 0 aliphatic carbocycles. The molecule has 0 saturated carbocycles. The minimum absolute atomic E-state index is 0.0896. The van der Waals surface area contributed by atoms with E-state index in [2.05, 4.69) is 0 Å². The predicted octanol–water partition coefficient (Wildman–Crippen LogP) is -0.444. The number of methoxy groups -OCH3 is 1. The highest BCUT2D eigenvalue weighted by atomic mass is 16.5. The van der Waals surface area contributed by atoms with Gasteiger partial charge in [0.25, 0.3) is 0 Å². The zero-order valence-corrected chi connectivity index (χ0v) is 16.8. The molecule has 1 unspecified atom stereocenters. The lowest BCUT2D eigenvalue weighted by Crippen LogP contribution is -2.49. The number of carboxylic acid groups (broad SMARTS) is 1. The number of aliphatic carboxylic acids is 1. The molecule has 2 rings (SSSR count). The number of benzene rings is 1. The molecule has 9 nitrogen and oxygen atoms in total. The van der Waals surface area contributed by atoms with Crippen LogP contribution in [-0.2, 0) is 25.5 Å². The summed E-state index contributed by atoms with van der Waals surface area (Å²) in [5.74, 6) is -1.25. The van der Waals surface area contributed by atoms with Crippen LogP contribution in [0.15, 0.2) is 24.3 Å². The highest BCUT2D eigenvalue weighted by molar-refractivity contribution is 5.71. The van der Waals surface area contributed by atoms with Gasteiger partial charge in [-0.1, -0.05) is 12.1 Å². The Morgan fingerprint density at radius 2 is 1.79 bits per heavy atom. The van der Waals surface area contributed by atoms with E-state index < -0.39 is 5.97 Å². The molecule has 0 amide bonds. The van der Waals surface area contributed by atoms with Gasteiger partial charge in [-0.25, -0.2) is 0 Å². The van der Waals surface area contributed by atoms with Gasteiger partial charge in [0.15, 0.2) is 0 Å². The largest absolute Gasteiger partial charge is 0.480 e. The second-order valence-electron chi connectivity index (χ2n) is 7.24. The van der Waals surface area contributed by atoms with Crippen molar-refractivity contribution in [2.24, 2.45) is 0 Å². The summed E-state index contributed by atoms with van der Waals surface area (Å²) in [6, 6.07) is 7.46. The first kappa shape index (κ1) is 22.8. The molecule has 1 aliphatic rings. The molecule has 1 aromatic carbocycles. The van der Waals surface area contributed by atoms with Gasteiger partial charge in [-0.15, -0.1) is 0 Å². The third-order valence-electron chi connectivity index (χ3n) is 5.12. The Kier molecular flexibility index (Phi) is 9.04. The van der Waals surface area contributed by atoms with E-state index >= 15 is 0 Å². The maximum absolute atomic E-state index is 12.0. The fourth-order valence-electron chi connectivity index (χ4n) is 3.53. The Bertz CT molecular complexity index is 682. The number of hydrogen-bond donors (Lipinski definition) is 2. The van der Waals surface area contributed by atoms with Gasteiger partial charge in [0.1, 0.15) is 6.29 Å². The quantitative estimate of drug-likeness (QED) is 0.336. The Hall–Kier alpha value is -2.49. The molecule has 9 heteroatoms. The molecule has 0 bridgehead atoms. The van der Waals surface area contributed by atoms with Crippen molar-refractivity contribution in [1.82, 2.24) is 14.7 Å². The van der Waals surface area contributed by atoms with Gasteiger partial charge >= 0.3 is 11.9 Å². The summed E-state index contributed by atoms with van der Waals surface area (Å²) in [5, 5.41) is 9.31. The fourth-order valence-corrected chi connectivity index (χ4v) is 3.53. The SMILES string of the molecule is COC(=O)CN1CCN(CC=O)CCN(CC(=O)O)CC1Cc1ccc(N)cc1. The van der Waals surface area contributed by atoms with Crippen LogP contribution in [0.5, 0.6) is 0 Å². The van der Waals surface area contributed by atoms with Crippen molar-refractivity contribution in [3.05, 3.63) is 29.8 Å². The van der Waals surface area contributed by atoms with Crippen LogP contribution in [0.2, 0.25) is 0 Å². The molecular formula is C20H30N4O5. The van der Waals surface area contributed by atoms with Gasteiger partial charge < -0.3 is 20.4 Å². The summed E-state index contributed by atoms with van der Waals surface area (Å²) >= 11 is 0. The second kappa shape index (κ2) is 11.5. The second-order valence-corrected chi connectivity index (χ2v) is 7.24. The summed E-state index contributed by atoms with van der Waals surface area (Å²) in [5.41, 5.74) is 7.51. The summed E-state index contributed by atoms with van der Waals surface area (Å²) in [7, 11) is 1.35. The van der Waals surface area contributed by atoms with Crippen LogP contribution in [0, 0.1) is 0 Å². The average molecular weight is 406 g/mol. The Labute approximate surface area is 171 Å². The van der Waals surface area contributed by atoms with Gasteiger partial charge in [0.05, 0.1) is 26.7 Å². The lowest BCUT2D eigenvalue weighted by Gasteiger charge is -2.33. The van der Waals surface area contributed by atoms with E-state index in [9.17, 15) is 19.5 Å². The van der Waals surface area contributed by atoms with Crippen molar-refractivity contribution in [1.29, 1.82) is 0 Å². The maximum Gasteiger partial charge on any atom is 0.319 e. The summed E-state index contributed by atoms with van der Waals surface area (Å²) in [4.78, 5) is 40.2. The van der Waals surface area contributed by atoms with Crippen molar-refractivity contribution in [3.63, 3.8) is 0 Å². The molecule has 1 aliphatic heterocycles. The van der Waals surface area contributed by atoms with E-state index in [1.807, 2.05) is 39.0 Å². The van der Waals surface area contributed by atoms with Crippen LogP contribution >= 0.6 is 0 Å². The molecule has 0 radical (unpaired) electrons. The van der Waals surface area contributed by atoms with E-state index in [1.54, 1.807) is 0 Å². The molecule has 1 saturated heterocycles. The van der Waals surface area contributed by atoms with Crippen LogP contribution in [0.4, 0.5) is 5.69 Å². The summed E-state index contributed by atoms with van der Waals surface area (Å²) < 4.78 is 4.86. The number of rotatable bonds is 8. The van der Waals surface area contributed by atoms with Crippen molar-refractivity contribution in [3.8, 4) is 0 Å². The van der Waals surface area contributed by atoms with E-state index in [0.717, 1.165) is 11.8 Å². The van der Waals surface area contributed by atoms with Crippen LogP contribution in [0.3, 0.4) is 0 Å². The number of anilines is 1. The number of nitrogens with two attached hydrogens (primary N) is 1. The van der Waals surface area contributed by atoms with Gasteiger partial charge in [-0.3, -0.25) is 24.3 Å². The normalized spacial score (nSPS) is 19.7. The average Bonchev–Trinajstić information content (AvgIpc) is 2.75. The van der Waals surface area contributed by atoms with E-state index in [4.69, 9.17) is 10.5 Å². The van der Waals surface area contributed by atoms with Crippen LogP contribution in [-0.4, -0.2) is 104 Å². The first-order valence-electron chi connectivity index (χ1n) is 9.66. The molecule has 160 valence electrons. The number of carbonyl (C=O) groups excluding carboxylic acids is 2. The highest BCUT2D eigenvalue weighted by Gasteiger charge is 2.27. The smallest absolute Gasteiger partial charge is 0.319 e. The minimum atomic E-state index is -0.906. The van der Waals surface area contributed by atoms with Crippen LogP contribution < -0.4 is 5.73 Å². The monoisotopic (exact) mass is 406 g/mol. The zero-order chi connectivity index (χ0) is 21.2. The number of nitrogens with zero attached hydrogens (tertiary/aromatic N) is 3. The Morgan fingerprint density at radius 1 is 1.14 bits per heavy atom. The molecule has 3 N–H and O–H groups in total. The molecule has 1 atom stereocenters. The van der Waals surface area contributed by atoms with E-state index in [-0.39, 0.29) is 31.6 Å². The molecule has 1 fully saturated rings. The number of nitrogen functional groups attached to an aromatic ring is 1. The van der Waals surface area contributed by atoms with E-state index in [1.165, 1.54) is 7.11 Å². The molecule has 29 heavy (non-hydrogen) atoms. The topological polar surface area (TPSA) is 116 Å². The van der Waals surface area contributed by atoms with Crippen molar-refractivity contribution in [2.45, 2.75) is 12.5 Å². The zero-order valence-electron chi connectivity index (χ0n) is 16.8. The third kappa shape index (κ3) is 7.80. The maximum atomic E-state index is 12.0. The molecule has 1 heterocycles. The Balaban J connectivity index is 2.27. The first-order chi connectivity index (χ1) is 13.9. The number of hydrogen-bond acceptors (Lipinski definition) is 8. The summed E-state index contributed by atoms with van der Waals surface area (Å²) in [6.07, 6.45) is 1.48. The van der Waals surface area contributed by atoms with Gasteiger partial charge in [-0.2, -0.15) is 0 Å². The first-order valence-corrected chi connectivity index (χ1v) is 9.66.